The lowest BCUT2D eigenvalue weighted by Crippen LogP contribution is -2.46. The molecule has 2 aliphatic rings. The normalized spacial score (nSPS) is 21.3. The van der Waals surface area contributed by atoms with Crippen molar-refractivity contribution in [1.82, 2.24) is 4.90 Å². The number of rotatable bonds is 3. The van der Waals surface area contributed by atoms with Crippen LogP contribution in [0.2, 0.25) is 0 Å². The van der Waals surface area contributed by atoms with Crippen LogP contribution in [0.15, 0.2) is 17.0 Å². The predicted octanol–water partition coefficient (Wildman–Crippen LogP) is 4.78. The van der Waals surface area contributed by atoms with Gasteiger partial charge in [0.2, 0.25) is 0 Å². The number of carbonyl (C=O) groups is 2. The van der Waals surface area contributed by atoms with Gasteiger partial charge in [0.15, 0.2) is 0 Å². The van der Waals surface area contributed by atoms with Crippen LogP contribution < -0.4 is 0 Å². The highest BCUT2D eigenvalue weighted by Gasteiger charge is 2.31. The summed E-state index contributed by atoms with van der Waals surface area (Å²) in [5.74, 6) is 0.394. The number of hydrogen-bond acceptors (Lipinski definition) is 3. The summed E-state index contributed by atoms with van der Waals surface area (Å²) in [6, 6.07) is 4.65. The highest BCUT2D eigenvalue weighted by atomic mass is 32.2. The molecule has 0 saturated heterocycles. The lowest BCUT2D eigenvalue weighted by Gasteiger charge is -2.38. The van der Waals surface area contributed by atoms with Crippen molar-refractivity contribution in [2.75, 3.05) is 0 Å². The first-order chi connectivity index (χ1) is 11.9. The standard InChI is InChI=1S/C21H29NO2S/c1-13(2)22(17-8-6-5-7-9-17)21(24)18-11-16-12-19(23)15(4)25-20(16)10-14(18)3/h10-11,13,15,17H,5-9,12H2,1-4H3. The molecule has 3 nitrogen and oxygen atoms in total. The second-order valence-corrected chi connectivity index (χ2v) is 9.16. The number of carbonyl (C=O) groups excluding carboxylic acids is 2. The number of thioether (sulfide) groups is 1. The Morgan fingerprint density at radius 3 is 2.52 bits per heavy atom. The fraction of sp³-hybridized carbons (Fsp3) is 0.619. The molecule has 1 fully saturated rings. The first-order valence-electron chi connectivity index (χ1n) is 9.54. The molecular weight excluding hydrogens is 330 g/mol. The molecule has 1 heterocycles. The largest absolute Gasteiger partial charge is 0.333 e. The fourth-order valence-corrected chi connectivity index (χ4v) is 5.24. The summed E-state index contributed by atoms with van der Waals surface area (Å²) in [5, 5.41) is 0.0165. The van der Waals surface area contributed by atoms with Crippen molar-refractivity contribution >= 4 is 23.5 Å². The Morgan fingerprint density at radius 1 is 1.20 bits per heavy atom. The predicted molar refractivity (Wildman–Crippen MR) is 103 cm³/mol. The molecule has 25 heavy (non-hydrogen) atoms. The smallest absolute Gasteiger partial charge is 0.254 e. The Kier molecular flexibility index (Phi) is 5.57. The number of hydrogen-bond donors (Lipinski definition) is 0. The summed E-state index contributed by atoms with van der Waals surface area (Å²) in [5.41, 5.74) is 2.83. The van der Waals surface area contributed by atoms with Crippen LogP contribution in [0.4, 0.5) is 0 Å². The maximum Gasteiger partial charge on any atom is 0.254 e. The maximum absolute atomic E-state index is 13.4. The van der Waals surface area contributed by atoms with Gasteiger partial charge in [-0.05, 0) is 63.8 Å². The van der Waals surface area contributed by atoms with E-state index in [-0.39, 0.29) is 23.0 Å². The average molecular weight is 360 g/mol. The molecule has 3 rings (SSSR count). The average Bonchev–Trinajstić information content (AvgIpc) is 2.56. The van der Waals surface area contributed by atoms with Gasteiger partial charge >= 0.3 is 0 Å². The summed E-state index contributed by atoms with van der Waals surface area (Å²) >= 11 is 1.62. The van der Waals surface area contributed by atoms with Crippen molar-refractivity contribution in [3.05, 3.63) is 28.8 Å². The molecule has 0 spiro atoms. The SMILES string of the molecule is Cc1cc2c(cc1C(=O)N(C(C)C)C1CCCCC1)CC(=O)C(C)S2. The van der Waals surface area contributed by atoms with Gasteiger partial charge in [0, 0.05) is 29.0 Å². The molecule has 0 N–H and O–H groups in total. The van der Waals surface area contributed by atoms with E-state index in [9.17, 15) is 9.59 Å². The molecule has 1 saturated carbocycles. The van der Waals surface area contributed by atoms with E-state index < -0.39 is 0 Å². The minimum Gasteiger partial charge on any atom is -0.333 e. The van der Waals surface area contributed by atoms with Crippen molar-refractivity contribution in [2.45, 2.75) is 88.4 Å². The Morgan fingerprint density at radius 2 is 1.88 bits per heavy atom. The van der Waals surface area contributed by atoms with Gasteiger partial charge in [-0.3, -0.25) is 9.59 Å². The van der Waals surface area contributed by atoms with Crippen molar-refractivity contribution in [3.8, 4) is 0 Å². The summed E-state index contributed by atoms with van der Waals surface area (Å²) in [6.45, 7) is 8.21. The number of benzene rings is 1. The van der Waals surface area contributed by atoms with Crippen LogP contribution in [0, 0.1) is 6.92 Å². The van der Waals surface area contributed by atoms with Crippen LogP contribution in [0.3, 0.4) is 0 Å². The zero-order chi connectivity index (χ0) is 18.1. The van der Waals surface area contributed by atoms with E-state index in [1.54, 1.807) is 11.8 Å². The fourth-order valence-electron chi connectivity index (χ4n) is 4.11. The van der Waals surface area contributed by atoms with Crippen molar-refractivity contribution in [1.29, 1.82) is 0 Å². The number of nitrogens with zero attached hydrogens (tertiary/aromatic N) is 1. The lowest BCUT2D eigenvalue weighted by atomic mass is 9.92. The Hall–Kier alpha value is -1.29. The molecule has 136 valence electrons. The molecule has 1 aromatic carbocycles. The summed E-state index contributed by atoms with van der Waals surface area (Å²) < 4.78 is 0. The quantitative estimate of drug-likeness (QED) is 0.779. The third kappa shape index (κ3) is 3.79. The van der Waals surface area contributed by atoms with E-state index in [4.69, 9.17) is 0 Å². The van der Waals surface area contributed by atoms with Gasteiger partial charge in [0.25, 0.3) is 5.91 Å². The number of ketones is 1. The van der Waals surface area contributed by atoms with Gasteiger partial charge in [0.1, 0.15) is 5.78 Å². The molecule has 1 atom stereocenters. The van der Waals surface area contributed by atoms with E-state index in [1.807, 2.05) is 19.9 Å². The maximum atomic E-state index is 13.4. The molecule has 1 aromatic rings. The van der Waals surface area contributed by atoms with Crippen molar-refractivity contribution in [2.24, 2.45) is 0 Å². The van der Waals surface area contributed by atoms with E-state index >= 15 is 0 Å². The number of amides is 1. The van der Waals surface area contributed by atoms with Crippen molar-refractivity contribution in [3.63, 3.8) is 0 Å². The second-order valence-electron chi connectivity index (χ2n) is 7.78. The number of aryl methyl sites for hydroxylation is 1. The molecule has 1 amide bonds. The van der Waals surface area contributed by atoms with E-state index in [0.29, 0.717) is 12.5 Å². The molecule has 0 aromatic heterocycles. The molecule has 1 aliphatic heterocycles. The molecular formula is C21H29NO2S. The van der Waals surface area contributed by atoms with Gasteiger partial charge < -0.3 is 4.90 Å². The van der Waals surface area contributed by atoms with Gasteiger partial charge in [-0.1, -0.05) is 19.3 Å². The zero-order valence-electron chi connectivity index (χ0n) is 15.8. The van der Waals surface area contributed by atoms with Crippen LogP contribution in [0.25, 0.3) is 0 Å². The van der Waals surface area contributed by atoms with Crippen LogP contribution in [-0.4, -0.2) is 33.9 Å². The van der Waals surface area contributed by atoms with Crippen LogP contribution in [0.5, 0.6) is 0 Å². The number of fused-ring (bicyclic) bond motifs is 1. The van der Waals surface area contributed by atoms with E-state index in [2.05, 4.69) is 24.8 Å². The second kappa shape index (κ2) is 7.53. The third-order valence-corrected chi connectivity index (χ3v) is 6.77. The topological polar surface area (TPSA) is 37.4 Å². The van der Waals surface area contributed by atoms with Gasteiger partial charge in [-0.15, -0.1) is 11.8 Å². The summed E-state index contributed by atoms with van der Waals surface area (Å²) in [6.07, 6.45) is 6.39. The Labute approximate surface area is 155 Å². The highest BCUT2D eigenvalue weighted by Crippen LogP contribution is 2.36. The lowest BCUT2D eigenvalue weighted by molar-refractivity contribution is -0.117. The van der Waals surface area contributed by atoms with E-state index in [0.717, 1.165) is 34.4 Å². The third-order valence-electron chi connectivity index (χ3n) is 5.52. The van der Waals surface area contributed by atoms with Gasteiger partial charge in [0.05, 0.1) is 5.25 Å². The van der Waals surface area contributed by atoms with Crippen LogP contribution in [-0.2, 0) is 11.2 Å². The van der Waals surface area contributed by atoms with Gasteiger partial charge in [-0.2, -0.15) is 0 Å². The van der Waals surface area contributed by atoms with Gasteiger partial charge in [-0.25, -0.2) is 0 Å². The van der Waals surface area contributed by atoms with Crippen molar-refractivity contribution < 1.29 is 9.59 Å². The first kappa shape index (κ1) is 18.5. The number of Topliss-reactive ketones (excluding diaryl/α,β-unsaturated/α-hetero) is 1. The summed E-state index contributed by atoms with van der Waals surface area (Å²) in [7, 11) is 0. The molecule has 1 aliphatic carbocycles. The molecule has 0 radical (unpaired) electrons. The highest BCUT2D eigenvalue weighted by molar-refractivity contribution is 8.00. The Balaban J connectivity index is 1.92. The molecule has 4 heteroatoms. The molecule has 0 bridgehead atoms. The minimum atomic E-state index is 0.0165. The minimum absolute atomic E-state index is 0.0165. The van der Waals surface area contributed by atoms with E-state index in [1.165, 1.54) is 19.3 Å². The Bertz CT molecular complexity index is 677. The summed E-state index contributed by atoms with van der Waals surface area (Å²) in [4.78, 5) is 28.7. The van der Waals surface area contributed by atoms with Crippen LogP contribution in [0.1, 0.15) is 74.4 Å². The molecule has 1 unspecified atom stereocenters. The monoisotopic (exact) mass is 359 g/mol. The zero-order valence-corrected chi connectivity index (χ0v) is 16.6. The first-order valence-corrected chi connectivity index (χ1v) is 10.4. The van der Waals surface area contributed by atoms with Crippen LogP contribution >= 0.6 is 11.8 Å².